The van der Waals surface area contributed by atoms with E-state index in [2.05, 4.69) is 50.4 Å². The molecule has 6 nitrogen and oxygen atoms in total. The van der Waals surface area contributed by atoms with Crippen LogP contribution in [0.4, 0.5) is 5.82 Å². The molecule has 1 aliphatic heterocycles. The van der Waals surface area contributed by atoms with Gasteiger partial charge in [-0.05, 0) is 29.3 Å². The zero-order valence-corrected chi connectivity index (χ0v) is 14.8. The Kier molecular flexibility index (Phi) is 4.03. The van der Waals surface area contributed by atoms with Crippen LogP contribution in [-0.4, -0.2) is 46.5 Å². The highest BCUT2D eigenvalue weighted by molar-refractivity contribution is 6.01. The molecule has 0 spiro atoms. The lowest BCUT2D eigenvalue weighted by Crippen LogP contribution is -2.36. The number of ether oxygens (including phenoxy) is 1. The Hall–Kier alpha value is -3.25. The van der Waals surface area contributed by atoms with Gasteiger partial charge in [0.2, 0.25) is 0 Å². The van der Waals surface area contributed by atoms with Gasteiger partial charge in [0.15, 0.2) is 0 Å². The van der Waals surface area contributed by atoms with Crippen LogP contribution in [0.3, 0.4) is 0 Å². The molecule has 6 heteroatoms. The molecule has 1 saturated heterocycles. The lowest BCUT2D eigenvalue weighted by atomic mass is 10.0. The monoisotopic (exact) mass is 357 g/mol. The van der Waals surface area contributed by atoms with E-state index >= 15 is 0 Å². The summed E-state index contributed by atoms with van der Waals surface area (Å²) in [4.78, 5) is 11.9. The van der Waals surface area contributed by atoms with Crippen molar-refractivity contribution in [3.63, 3.8) is 0 Å². The predicted molar refractivity (Wildman–Crippen MR) is 106 cm³/mol. The molecule has 0 aliphatic carbocycles. The Morgan fingerprint density at radius 2 is 1.81 bits per heavy atom. The molecule has 134 valence electrons. The van der Waals surface area contributed by atoms with Crippen molar-refractivity contribution in [2.75, 3.05) is 31.2 Å². The van der Waals surface area contributed by atoms with E-state index in [4.69, 9.17) is 9.72 Å². The number of aromatic amines is 1. The minimum atomic E-state index is 0.723. The average molecular weight is 357 g/mol. The molecule has 1 aliphatic rings. The first-order valence-electron chi connectivity index (χ1n) is 9.08. The van der Waals surface area contributed by atoms with Crippen LogP contribution in [0.2, 0.25) is 0 Å². The molecule has 1 aromatic carbocycles. The fourth-order valence-electron chi connectivity index (χ4n) is 3.53. The average Bonchev–Trinajstić information content (AvgIpc) is 3.28. The number of nitrogens with zero attached hydrogens (tertiary/aromatic N) is 4. The number of benzene rings is 1. The quantitative estimate of drug-likeness (QED) is 0.608. The second-order valence-corrected chi connectivity index (χ2v) is 6.52. The molecule has 3 aromatic heterocycles. The summed E-state index contributed by atoms with van der Waals surface area (Å²) in [6.45, 7) is 3.13. The van der Waals surface area contributed by atoms with E-state index in [1.165, 1.54) is 5.56 Å². The van der Waals surface area contributed by atoms with Gasteiger partial charge in [0, 0.05) is 30.9 Å². The standard InChI is InChI=1S/C21H19N5O/c1-2-4-15(5-3-1)17-14-19(26-10-12-27-13-11-26)24-20-16(17)6-8-22-21(20)18-7-9-23-25-18/h1-9,14H,10-13H2,(H,23,25). The number of rotatable bonds is 3. The van der Waals surface area contributed by atoms with Gasteiger partial charge in [-0.1, -0.05) is 30.3 Å². The predicted octanol–water partition coefficient (Wildman–Crippen LogP) is 3.52. The Morgan fingerprint density at radius 3 is 2.59 bits per heavy atom. The highest BCUT2D eigenvalue weighted by Gasteiger charge is 2.18. The number of H-pyrrole nitrogens is 1. The van der Waals surface area contributed by atoms with E-state index in [-0.39, 0.29) is 0 Å². The van der Waals surface area contributed by atoms with Gasteiger partial charge in [-0.25, -0.2) is 4.98 Å². The maximum Gasteiger partial charge on any atom is 0.130 e. The number of anilines is 1. The molecule has 0 atom stereocenters. The lowest BCUT2D eigenvalue weighted by molar-refractivity contribution is 0.122. The van der Waals surface area contributed by atoms with Crippen molar-refractivity contribution in [2.45, 2.75) is 0 Å². The summed E-state index contributed by atoms with van der Waals surface area (Å²) >= 11 is 0. The molecule has 27 heavy (non-hydrogen) atoms. The Morgan fingerprint density at radius 1 is 0.963 bits per heavy atom. The van der Waals surface area contributed by atoms with Crippen LogP contribution < -0.4 is 4.90 Å². The molecular formula is C21H19N5O. The first-order chi connectivity index (χ1) is 13.4. The number of fused-ring (bicyclic) bond motifs is 1. The largest absolute Gasteiger partial charge is 0.378 e. The van der Waals surface area contributed by atoms with Gasteiger partial charge in [-0.15, -0.1) is 0 Å². The Labute approximate surface area is 156 Å². The first-order valence-corrected chi connectivity index (χ1v) is 9.08. The number of aromatic nitrogens is 4. The molecular weight excluding hydrogens is 338 g/mol. The fraction of sp³-hybridized carbons (Fsp3) is 0.190. The van der Waals surface area contributed by atoms with Crippen molar-refractivity contribution in [2.24, 2.45) is 0 Å². The second kappa shape index (κ2) is 6.81. The summed E-state index contributed by atoms with van der Waals surface area (Å²) in [6, 6.07) is 16.6. The maximum atomic E-state index is 5.51. The third-order valence-corrected chi connectivity index (χ3v) is 4.89. The molecule has 4 aromatic rings. The summed E-state index contributed by atoms with van der Waals surface area (Å²) < 4.78 is 5.51. The summed E-state index contributed by atoms with van der Waals surface area (Å²) in [5, 5.41) is 8.18. The van der Waals surface area contributed by atoms with E-state index in [0.717, 1.165) is 60.0 Å². The van der Waals surface area contributed by atoms with Crippen molar-refractivity contribution in [3.05, 3.63) is 60.9 Å². The van der Waals surface area contributed by atoms with Crippen LogP contribution in [0.5, 0.6) is 0 Å². The molecule has 5 rings (SSSR count). The summed E-state index contributed by atoms with van der Waals surface area (Å²) in [5.41, 5.74) is 4.89. The Balaban J connectivity index is 1.77. The van der Waals surface area contributed by atoms with Crippen LogP contribution in [0.25, 0.3) is 33.4 Å². The van der Waals surface area contributed by atoms with Crippen LogP contribution in [0.15, 0.2) is 60.9 Å². The minimum Gasteiger partial charge on any atom is -0.378 e. The molecule has 0 amide bonds. The highest BCUT2D eigenvalue weighted by Crippen LogP contribution is 2.34. The van der Waals surface area contributed by atoms with E-state index in [1.54, 1.807) is 6.20 Å². The molecule has 0 radical (unpaired) electrons. The molecule has 1 N–H and O–H groups in total. The topological polar surface area (TPSA) is 66.9 Å². The number of pyridine rings is 2. The maximum absolute atomic E-state index is 5.51. The zero-order valence-electron chi connectivity index (χ0n) is 14.8. The summed E-state index contributed by atoms with van der Waals surface area (Å²) in [6.07, 6.45) is 3.57. The number of hydrogen-bond acceptors (Lipinski definition) is 5. The van der Waals surface area contributed by atoms with Crippen molar-refractivity contribution in [1.29, 1.82) is 0 Å². The lowest BCUT2D eigenvalue weighted by Gasteiger charge is -2.28. The van der Waals surface area contributed by atoms with Crippen LogP contribution in [-0.2, 0) is 4.74 Å². The summed E-state index contributed by atoms with van der Waals surface area (Å²) in [7, 11) is 0. The van der Waals surface area contributed by atoms with Crippen LogP contribution in [0.1, 0.15) is 0 Å². The van der Waals surface area contributed by atoms with E-state index < -0.39 is 0 Å². The van der Waals surface area contributed by atoms with Crippen molar-refractivity contribution < 1.29 is 4.74 Å². The van der Waals surface area contributed by atoms with Crippen molar-refractivity contribution in [3.8, 4) is 22.5 Å². The number of morpholine rings is 1. The van der Waals surface area contributed by atoms with Gasteiger partial charge in [-0.2, -0.15) is 5.10 Å². The van der Waals surface area contributed by atoms with E-state index in [1.807, 2.05) is 24.4 Å². The van der Waals surface area contributed by atoms with Crippen molar-refractivity contribution in [1.82, 2.24) is 20.2 Å². The molecule has 0 saturated carbocycles. The van der Waals surface area contributed by atoms with E-state index in [0.29, 0.717) is 0 Å². The SMILES string of the molecule is c1ccc(-c2cc(N3CCOCC3)nc3c(-c4ccn[nH]4)nccc23)cc1. The second-order valence-electron chi connectivity index (χ2n) is 6.52. The number of hydrogen-bond donors (Lipinski definition) is 1. The third kappa shape index (κ3) is 2.94. The van der Waals surface area contributed by atoms with Gasteiger partial charge in [0.1, 0.15) is 17.0 Å². The van der Waals surface area contributed by atoms with Crippen LogP contribution >= 0.6 is 0 Å². The zero-order chi connectivity index (χ0) is 18.1. The third-order valence-electron chi connectivity index (χ3n) is 4.89. The van der Waals surface area contributed by atoms with E-state index in [9.17, 15) is 0 Å². The molecule has 0 unspecified atom stereocenters. The van der Waals surface area contributed by atoms with Gasteiger partial charge in [0.05, 0.1) is 18.9 Å². The normalized spacial score (nSPS) is 14.6. The van der Waals surface area contributed by atoms with Gasteiger partial charge in [0.25, 0.3) is 0 Å². The minimum absolute atomic E-state index is 0.723. The van der Waals surface area contributed by atoms with Crippen LogP contribution in [0, 0.1) is 0 Å². The smallest absolute Gasteiger partial charge is 0.130 e. The van der Waals surface area contributed by atoms with Gasteiger partial charge in [-0.3, -0.25) is 10.1 Å². The van der Waals surface area contributed by atoms with Crippen molar-refractivity contribution >= 4 is 16.7 Å². The number of nitrogens with one attached hydrogen (secondary N) is 1. The molecule has 0 bridgehead atoms. The Bertz CT molecular complexity index is 1060. The first kappa shape index (κ1) is 16.0. The fourth-order valence-corrected chi connectivity index (χ4v) is 3.53. The highest BCUT2D eigenvalue weighted by atomic mass is 16.5. The van der Waals surface area contributed by atoms with Gasteiger partial charge >= 0.3 is 0 Å². The molecule has 4 heterocycles. The molecule has 1 fully saturated rings. The van der Waals surface area contributed by atoms with Gasteiger partial charge < -0.3 is 9.64 Å². The summed E-state index contributed by atoms with van der Waals surface area (Å²) in [5.74, 6) is 0.957.